The average molecular weight is 312 g/mol. The maximum Gasteiger partial charge on any atom is 0.287 e. The highest BCUT2D eigenvalue weighted by Gasteiger charge is 2.25. The summed E-state index contributed by atoms with van der Waals surface area (Å²) in [5, 5.41) is 2.96. The number of amides is 2. The van der Waals surface area contributed by atoms with E-state index in [4.69, 9.17) is 4.42 Å². The standard InChI is InChI=1S/C18H20N2O3/c1-13-4-6-14(7-5-13)18(22)20-10-8-15(9-11-20)19-17(21)16-3-2-12-23-16/h2-7,12,15H,8-11H2,1H3,(H,19,21). The Bertz CT molecular complexity index is 669. The number of hydrogen-bond donors (Lipinski definition) is 1. The van der Waals surface area contributed by atoms with Crippen LogP contribution >= 0.6 is 0 Å². The summed E-state index contributed by atoms with van der Waals surface area (Å²) in [7, 11) is 0. The van der Waals surface area contributed by atoms with Crippen LogP contribution in [0.3, 0.4) is 0 Å². The highest BCUT2D eigenvalue weighted by molar-refractivity contribution is 5.94. The lowest BCUT2D eigenvalue weighted by Crippen LogP contribution is -2.46. The van der Waals surface area contributed by atoms with E-state index in [0.717, 1.165) is 18.4 Å². The fraction of sp³-hybridized carbons (Fsp3) is 0.333. The SMILES string of the molecule is Cc1ccc(C(=O)N2CCC(NC(=O)c3ccco3)CC2)cc1. The van der Waals surface area contributed by atoms with Crippen molar-refractivity contribution in [3.63, 3.8) is 0 Å². The van der Waals surface area contributed by atoms with Gasteiger partial charge in [0.1, 0.15) is 0 Å². The molecule has 23 heavy (non-hydrogen) atoms. The molecule has 1 N–H and O–H groups in total. The zero-order valence-corrected chi connectivity index (χ0v) is 13.1. The van der Waals surface area contributed by atoms with Crippen LogP contribution in [-0.4, -0.2) is 35.8 Å². The number of carbonyl (C=O) groups excluding carboxylic acids is 2. The molecule has 0 unspecified atom stereocenters. The molecule has 1 saturated heterocycles. The lowest BCUT2D eigenvalue weighted by Gasteiger charge is -2.32. The molecular formula is C18H20N2O3. The van der Waals surface area contributed by atoms with Crippen molar-refractivity contribution in [1.29, 1.82) is 0 Å². The molecule has 1 aromatic heterocycles. The van der Waals surface area contributed by atoms with Crippen LogP contribution in [-0.2, 0) is 0 Å². The molecule has 0 atom stereocenters. The quantitative estimate of drug-likeness (QED) is 0.947. The number of benzene rings is 1. The monoisotopic (exact) mass is 312 g/mol. The molecule has 0 radical (unpaired) electrons. The fourth-order valence-electron chi connectivity index (χ4n) is 2.77. The first-order valence-electron chi connectivity index (χ1n) is 7.84. The smallest absolute Gasteiger partial charge is 0.287 e. The third-order valence-corrected chi connectivity index (χ3v) is 4.16. The number of rotatable bonds is 3. The van der Waals surface area contributed by atoms with Crippen molar-refractivity contribution in [2.45, 2.75) is 25.8 Å². The van der Waals surface area contributed by atoms with Crippen molar-refractivity contribution in [2.75, 3.05) is 13.1 Å². The van der Waals surface area contributed by atoms with E-state index in [9.17, 15) is 9.59 Å². The van der Waals surface area contributed by atoms with E-state index in [1.165, 1.54) is 6.26 Å². The van der Waals surface area contributed by atoms with Crippen LogP contribution in [0.5, 0.6) is 0 Å². The van der Waals surface area contributed by atoms with Gasteiger partial charge in [0.15, 0.2) is 5.76 Å². The Balaban J connectivity index is 1.53. The number of nitrogens with zero attached hydrogens (tertiary/aromatic N) is 1. The summed E-state index contributed by atoms with van der Waals surface area (Å²) < 4.78 is 5.09. The van der Waals surface area contributed by atoms with E-state index in [2.05, 4.69) is 5.32 Å². The molecule has 1 aliphatic rings. The van der Waals surface area contributed by atoms with Gasteiger partial charge in [0, 0.05) is 24.7 Å². The summed E-state index contributed by atoms with van der Waals surface area (Å²) in [5.41, 5.74) is 1.86. The largest absolute Gasteiger partial charge is 0.459 e. The molecule has 5 nitrogen and oxygen atoms in total. The number of piperidine rings is 1. The van der Waals surface area contributed by atoms with E-state index in [0.29, 0.717) is 24.4 Å². The van der Waals surface area contributed by atoms with Crippen molar-refractivity contribution >= 4 is 11.8 Å². The van der Waals surface area contributed by atoms with Crippen molar-refractivity contribution in [2.24, 2.45) is 0 Å². The number of furan rings is 1. The zero-order chi connectivity index (χ0) is 16.2. The van der Waals surface area contributed by atoms with E-state index < -0.39 is 0 Å². The molecule has 1 aliphatic heterocycles. The molecule has 1 fully saturated rings. The lowest BCUT2D eigenvalue weighted by atomic mass is 10.0. The minimum Gasteiger partial charge on any atom is -0.459 e. The molecule has 0 spiro atoms. The summed E-state index contributed by atoms with van der Waals surface area (Å²) >= 11 is 0. The fourth-order valence-corrected chi connectivity index (χ4v) is 2.77. The summed E-state index contributed by atoms with van der Waals surface area (Å²) in [6, 6.07) is 11.0. The van der Waals surface area contributed by atoms with Crippen molar-refractivity contribution in [1.82, 2.24) is 10.2 Å². The molecule has 1 aromatic carbocycles. The Kier molecular flexibility index (Phi) is 4.46. The van der Waals surface area contributed by atoms with Crippen molar-refractivity contribution in [3.8, 4) is 0 Å². The van der Waals surface area contributed by atoms with Crippen LogP contribution in [0.15, 0.2) is 47.1 Å². The number of nitrogens with one attached hydrogen (secondary N) is 1. The second-order valence-electron chi connectivity index (χ2n) is 5.88. The number of carbonyl (C=O) groups is 2. The predicted molar refractivity (Wildman–Crippen MR) is 86.3 cm³/mol. The van der Waals surface area contributed by atoms with Crippen LogP contribution in [0.2, 0.25) is 0 Å². The van der Waals surface area contributed by atoms with Gasteiger partial charge in [-0.15, -0.1) is 0 Å². The number of likely N-dealkylation sites (tertiary alicyclic amines) is 1. The van der Waals surface area contributed by atoms with Gasteiger partial charge in [-0.05, 0) is 44.0 Å². The van der Waals surface area contributed by atoms with Gasteiger partial charge >= 0.3 is 0 Å². The average Bonchev–Trinajstić information content (AvgIpc) is 3.10. The Morgan fingerprint density at radius 1 is 1.13 bits per heavy atom. The Morgan fingerprint density at radius 2 is 1.83 bits per heavy atom. The minimum atomic E-state index is -0.196. The van der Waals surface area contributed by atoms with Crippen LogP contribution in [0.25, 0.3) is 0 Å². The van der Waals surface area contributed by atoms with E-state index in [1.54, 1.807) is 12.1 Å². The van der Waals surface area contributed by atoms with Crippen LogP contribution < -0.4 is 5.32 Å². The van der Waals surface area contributed by atoms with Gasteiger partial charge in [0.05, 0.1) is 6.26 Å². The van der Waals surface area contributed by atoms with Gasteiger partial charge in [-0.25, -0.2) is 0 Å². The Hall–Kier alpha value is -2.56. The first-order valence-corrected chi connectivity index (χ1v) is 7.84. The molecule has 120 valence electrons. The van der Waals surface area contributed by atoms with Gasteiger partial charge in [0.25, 0.3) is 11.8 Å². The number of aryl methyl sites for hydroxylation is 1. The van der Waals surface area contributed by atoms with Crippen molar-refractivity contribution < 1.29 is 14.0 Å². The first-order chi connectivity index (χ1) is 11.1. The zero-order valence-electron chi connectivity index (χ0n) is 13.1. The molecule has 5 heteroatoms. The topological polar surface area (TPSA) is 62.6 Å². The molecule has 0 bridgehead atoms. The first kappa shape index (κ1) is 15.3. The third kappa shape index (κ3) is 3.62. The highest BCUT2D eigenvalue weighted by Crippen LogP contribution is 2.15. The molecule has 0 saturated carbocycles. The summed E-state index contributed by atoms with van der Waals surface area (Å²) in [6.45, 7) is 3.30. The second-order valence-corrected chi connectivity index (χ2v) is 5.88. The van der Waals surface area contributed by atoms with Gasteiger partial charge in [-0.1, -0.05) is 17.7 Å². The van der Waals surface area contributed by atoms with E-state index in [-0.39, 0.29) is 17.9 Å². The third-order valence-electron chi connectivity index (χ3n) is 4.16. The van der Waals surface area contributed by atoms with Crippen molar-refractivity contribution in [3.05, 3.63) is 59.5 Å². The Morgan fingerprint density at radius 3 is 2.43 bits per heavy atom. The predicted octanol–water partition coefficient (Wildman–Crippen LogP) is 2.62. The van der Waals surface area contributed by atoms with Crippen LogP contribution in [0, 0.1) is 6.92 Å². The van der Waals surface area contributed by atoms with Gasteiger partial charge in [-0.2, -0.15) is 0 Å². The molecule has 3 rings (SSSR count). The molecular weight excluding hydrogens is 292 g/mol. The Labute approximate surface area is 135 Å². The summed E-state index contributed by atoms with van der Waals surface area (Å²) in [6.07, 6.45) is 2.99. The van der Waals surface area contributed by atoms with E-state index in [1.807, 2.05) is 36.1 Å². The van der Waals surface area contributed by atoms with E-state index >= 15 is 0 Å². The maximum atomic E-state index is 12.5. The van der Waals surface area contributed by atoms with Crippen LogP contribution in [0.4, 0.5) is 0 Å². The summed E-state index contributed by atoms with van der Waals surface area (Å²) in [4.78, 5) is 26.3. The van der Waals surface area contributed by atoms with Gasteiger partial charge in [-0.3, -0.25) is 9.59 Å². The van der Waals surface area contributed by atoms with Crippen LogP contribution in [0.1, 0.15) is 39.3 Å². The molecule has 2 heterocycles. The maximum absolute atomic E-state index is 12.5. The van der Waals surface area contributed by atoms with Gasteiger partial charge < -0.3 is 14.6 Å². The normalized spacial score (nSPS) is 15.4. The minimum absolute atomic E-state index is 0.0563. The summed E-state index contributed by atoms with van der Waals surface area (Å²) in [5.74, 6) is 0.183. The second kappa shape index (κ2) is 6.69. The molecule has 0 aliphatic carbocycles. The lowest BCUT2D eigenvalue weighted by molar-refractivity contribution is 0.0695. The highest BCUT2D eigenvalue weighted by atomic mass is 16.3. The molecule has 2 aromatic rings. The van der Waals surface area contributed by atoms with Gasteiger partial charge in [0.2, 0.25) is 0 Å². The number of hydrogen-bond acceptors (Lipinski definition) is 3. The molecule has 2 amide bonds.